The fourth-order valence-electron chi connectivity index (χ4n) is 4.98. The van der Waals surface area contributed by atoms with Crippen LogP contribution in [0.25, 0.3) is 0 Å². The zero-order valence-electron chi connectivity index (χ0n) is 23.0. The molecule has 2 aromatic carbocycles. The van der Waals surface area contributed by atoms with Gasteiger partial charge < -0.3 is 19.5 Å². The predicted molar refractivity (Wildman–Crippen MR) is 150 cm³/mol. The Morgan fingerprint density at radius 1 is 1.10 bits per heavy atom. The Morgan fingerprint density at radius 3 is 2.55 bits per heavy atom. The molecule has 9 heteroatoms. The van der Waals surface area contributed by atoms with E-state index in [1.165, 1.54) is 5.01 Å². The number of ether oxygens (including phenoxy) is 3. The van der Waals surface area contributed by atoms with Crippen molar-refractivity contribution in [3.05, 3.63) is 89.2 Å². The summed E-state index contributed by atoms with van der Waals surface area (Å²) in [5.74, 6) is 0.825. The number of carbonyl (C=O) groups is 2. The maximum Gasteiger partial charge on any atom is 0.433 e. The summed E-state index contributed by atoms with van der Waals surface area (Å²) >= 11 is 0. The molecule has 0 bridgehead atoms. The molecule has 1 saturated carbocycles. The van der Waals surface area contributed by atoms with Gasteiger partial charge in [0.15, 0.2) is 17.7 Å². The lowest BCUT2D eigenvalue weighted by Gasteiger charge is -2.34. The van der Waals surface area contributed by atoms with Crippen LogP contribution in [0, 0.1) is 6.92 Å². The van der Waals surface area contributed by atoms with E-state index in [9.17, 15) is 9.59 Å². The Hall–Kier alpha value is -4.40. The minimum atomic E-state index is -0.928. The van der Waals surface area contributed by atoms with E-state index < -0.39 is 24.3 Å². The van der Waals surface area contributed by atoms with Crippen LogP contribution in [0.5, 0.6) is 11.5 Å². The number of carbonyl (C=O) groups excluding carboxylic acids is 2. The summed E-state index contributed by atoms with van der Waals surface area (Å²) in [6.45, 7) is 3.90. The standard InChI is InChI=1S/C31H34N4O5/c1-4-25-28(22-16-17-26(38-3)27(19-22)39-23-9-5-6-10-23)34-35(31(37)40-25)29(21-14-12-20(2)13-15-21)33-30(36)24-11-7-8-18-32-24/h7-8,11-19,23,25,29H,4-6,9-10H2,1-3H3,(H,33,36). The molecule has 1 aromatic heterocycles. The molecule has 2 atom stereocenters. The molecule has 1 fully saturated rings. The number of aryl methyl sites for hydroxylation is 1. The number of hydrogen-bond acceptors (Lipinski definition) is 7. The van der Waals surface area contributed by atoms with Gasteiger partial charge in [0, 0.05) is 11.8 Å². The number of rotatable bonds is 9. The van der Waals surface area contributed by atoms with Crippen LogP contribution in [0.2, 0.25) is 0 Å². The van der Waals surface area contributed by atoms with Crippen LogP contribution in [0.3, 0.4) is 0 Å². The number of amides is 2. The lowest BCUT2D eigenvalue weighted by molar-refractivity contribution is 0.0492. The van der Waals surface area contributed by atoms with Gasteiger partial charge in [-0.1, -0.05) is 42.8 Å². The van der Waals surface area contributed by atoms with Crippen LogP contribution in [0.4, 0.5) is 4.79 Å². The third-order valence-corrected chi connectivity index (χ3v) is 7.18. The SMILES string of the molecule is CCC1OC(=O)N(C(NC(=O)c2ccccn2)c2ccc(C)cc2)N=C1c1ccc(OC)c(OC2CCCC2)c1. The average Bonchev–Trinajstić information content (AvgIpc) is 3.50. The summed E-state index contributed by atoms with van der Waals surface area (Å²) in [7, 11) is 1.61. The van der Waals surface area contributed by atoms with Gasteiger partial charge in [0.2, 0.25) is 0 Å². The minimum absolute atomic E-state index is 0.140. The van der Waals surface area contributed by atoms with Crippen molar-refractivity contribution in [3.63, 3.8) is 0 Å². The van der Waals surface area contributed by atoms with E-state index in [-0.39, 0.29) is 11.8 Å². The second-order valence-corrected chi connectivity index (χ2v) is 10.0. The van der Waals surface area contributed by atoms with E-state index in [2.05, 4.69) is 10.3 Å². The highest BCUT2D eigenvalue weighted by Gasteiger charge is 2.37. The largest absolute Gasteiger partial charge is 0.493 e. The second-order valence-electron chi connectivity index (χ2n) is 10.0. The highest BCUT2D eigenvalue weighted by atomic mass is 16.6. The number of methoxy groups -OCH3 is 1. The van der Waals surface area contributed by atoms with Crippen LogP contribution in [-0.4, -0.2) is 47.0 Å². The summed E-state index contributed by atoms with van der Waals surface area (Å²) in [5.41, 5.74) is 3.25. The van der Waals surface area contributed by atoms with Gasteiger partial charge in [-0.2, -0.15) is 10.1 Å². The van der Waals surface area contributed by atoms with Crippen molar-refractivity contribution in [2.45, 2.75) is 64.3 Å². The molecule has 9 nitrogen and oxygen atoms in total. The van der Waals surface area contributed by atoms with Crippen molar-refractivity contribution in [1.82, 2.24) is 15.3 Å². The van der Waals surface area contributed by atoms with Crippen LogP contribution >= 0.6 is 0 Å². The second kappa shape index (κ2) is 12.2. The van der Waals surface area contributed by atoms with E-state index in [1.807, 2.05) is 56.3 Å². The fraction of sp³-hybridized carbons (Fsp3) is 0.355. The zero-order valence-corrected chi connectivity index (χ0v) is 23.0. The lowest BCUT2D eigenvalue weighted by Crippen LogP contribution is -2.48. The van der Waals surface area contributed by atoms with Crippen molar-refractivity contribution in [1.29, 1.82) is 0 Å². The first-order valence-electron chi connectivity index (χ1n) is 13.7. The molecule has 1 N–H and O–H groups in total. The fourth-order valence-corrected chi connectivity index (χ4v) is 4.98. The zero-order chi connectivity index (χ0) is 28.1. The number of aromatic nitrogens is 1. The van der Waals surface area contributed by atoms with E-state index in [0.717, 1.165) is 36.8 Å². The van der Waals surface area contributed by atoms with Crippen molar-refractivity contribution in [2.24, 2.45) is 5.10 Å². The highest BCUT2D eigenvalue weighted by Crippen LogP contribution is 2.34. The Balaban J connectivity index is 1.53. The first-order valence-corrected chi connectivity index (χ1v) is 13.7. The van der Waals surface area contributed by atoms with Crippen LogP contribution in [0.1, 0.15) is 72.4 Å². The summed E-state index contributed by atoms with van der Waals surface area (Å²) in [4.78, 5) is 30.6. The predicted octanol–water partition coefficient (Wildman–Crippen LogP) is 5.78. The van der Waals surface area contributed by atoms with Gasteiger partial charge in [-0.25, -0.2) is 4.79 Å². The number of benzene rings is 2. The topological polar surface area (TPSA) is 102 Å². The van der Waals surface area contributed by atoms with Crippen molar-refractivity contribution in [3.8, 4) is 11.5 Å². The molecule has 0 saturated heterocycles. The summed E-state index contributed by atoms with van der Waals surface area (Å²) in [6.07, 6.45) is 4.36. The van der Waals surface area contributed by atoms with Crippen molar-refractivity contribution < 1.29 is 23.8 Å². The number of nitrogens with zero attached hydrogens (tertiary/aromatic N) is 3. The van der Waals surface area contributed by atoms with E-state index in [4.69, 9.17) is 19.3 Å². The summed E-state index contributed by atoms with van der Waals surface area (Å²) in [5, 5.41) is 8.92. The van der Waals surface area contributed by atoms with Gasteiger partial charge in [-0.05, 0) is 74.9 Å². The number of hydrogen-bond donors (Lipinski definition) is 1. The molecule has 2 unspecified atom stereocenters. The number of pyridine rings is 1. The van der Waals surface area contributed by atoms with Gasteiger partial charge in [0.25, 0.3) is 5.91 Å². The molecule has 1 aliphatic heterocycles. The molecule has 3 aromatic rings. The molecule has 2 amide bonds. The van der Waals surface area contributed by atoms with E-state index >= 15 is 0 Å². The van der Waals surface area contributed by atoms with Gasteiger partial charge in [0.05, 0.1) is 13.2 Å². The smallest absolute Gasteiger partial charge is 0.433 e. The Kier molecular flexibility index (Phi) is 8.28. The highest BCUT2D eigenvalue weighted by molar-refractivity contribution is 6.06. The number of cyclic esters (lactones) is 1. The molecule has 40 heavy (non-hydrogen) atoms. The monoisotopic (exact) mass is 542 g/mol. The maximum absolute atomic E-state index is 13.3. The van der Waals surface area contributed by atoms with Gasteiger partial charge in [-0.15, -0.1) is 0 Å². The Labute approximate surface area is 234 Å². The molecule has 208 valence electrons. The first-order chi connectivity index (χ1) is 19.5. The normalized spacial score (nSPS) is 18.1. The lowest BCUT2D eigenvalue weighted by atomic mass is 10.0. The van der Waals surface area contributed by atoms with Gasteiger partial charge >= 0.3 is 6.09 Å². The molecule has 2 aliphatic rings. The van der Waals surface area contributed by atoms with Crippen molar-refractivity contribution >= 4 is 17.7 Å². The molecule has 0 radical (unpaired) electrons. The molecule has 0 spiro atoms. The molecular formula is C31H34N4O5. The van der Waals surface area contributed by atoms with Crippen LogP contribution in [-0.2, 0) is 4.74 Å². The van der Waals surface area contributed by atoms with Crippen molar-refractivity contribution in [2.75, 3.05) is 7.11 Å². The average molecular weight is 543 g/mol. The van der Waals surface area contributed by atoms with E-state index in [0.29, 0.717) is 29.2 Å². The van der Waals surface area contributed by atoms with Gasteiger partial charge in [0.1, 0.15) is 17.5 Å². The van der Waals surface area contributed by atoms with Crippen LogP contribution in [0.15, 0.2) is 72.0 Å². The Morgan fingerprint density at radius 2 is 1.88 bits per heavy atom. The quantitative estimate of drug-likeness (QED) is 0.368. The molecular weight excluding hydrogens is 508 g/mol. The third-order valence-electron chi connectivity index (χ3n) is 7.18. The molecule has 5 rings (SSSR count). The minimum Gasteiger partial charge on any atom is -0.493 e. The molecule has 1 aliphatic carbocycles. The molecule has 2 heterocycles. The summed E-state index contributed by atoms with van der Waals surface area (Å²) in [6, 6.07) is 18.2. The van der Waals surface area contributed by atoms with Gasteiger partial charge in [-0.3, -0.25) is 9.78 Å². The third kappa shape index (κ3) is 5.93. The number of nitrogens with one attached hydrogen (secondary N) is 1. The Bertz CT molecular complexity index is 1370. The van der Waals surface area contributed by atoms with E-state index in [1.54, 1.807) is 31.5 Å². The maximum atomic E-state index is 13.3. The summed E-state index contributed by atoms with van der Waals surface area (Å²) < 4.78 is 17.8. The first kappa shape index (κ1) is 27.2. The number of hydrazone groups is 1. The van der Waals surface area contributed by atoms with Crippen LogP contribution < -0.4 is 14.8 Å².